The Kier molecular flexibility index (Phi) is 12.2. The van der Waals surface area contributed by atoms with E-state index < -0.39 is 0 Å². The topological polar surface area (TPSA) is 32.9 Å². The molecule has 0 aliphatic carbocycles. The van der Waals surface area contributed by atoms with Gasteiger partial charge >= 0.3 is 0 Å². The van der Waals surface area contributed by atoms with Gasteiger partial charge in [0.15, 0.2) is 0 Å². The van der Waals surface area contributed by atoms with Gasteiger partial charge in [-0.05, 0) is 6.07 Å². The van der Waals surface area contributed by atoms with Crippen LogP contribution in [0.15, 0.2) is 29.2 Å². The second-order valence-electron chi connectivity index (χ2n) is 4.35. The molecule has 1 aromatic rings. The van der Waals surface area contributed by atoms with Crippen molar-refractivity contribution in [1.29, 1.82) is 0 Å². The van der Waals surface area contributed by atoms with E-state index >= 15 is 0 Å². The Morgan fingerprint density at radius 1 is 0.882 bits per heavy atom. The molecule has 2 heteroatoms. The second-order valence-corrected chi connectivity index (χ2v) is 4.35. The van der Waals surface area contributed by atoms with E-state index in [1.807, 2.05) is 0 Å². The van der Waals surface area contributed by atoms with Gasteiger partial charge in [0.25, 0.3) is 0 Å². The van der Waals surface area contributed by atoms with Crippen LogP contribution >= 0.6 is 0 Å². The Hall–Kier alpha value is -1.05. The molecule has 0 bridgehead atoms. The van der Waals surface area contributed by atoms with E-state index in [0.29, 0.717) is 0 Å². The Balaban J connectivity index is 0.000000318. The summed E-state index contributed by atoms with van der Waals surface area (Å²) in [5.41, 5.74) is -0.0532. The summed E-state index contributed by atoms with van der Waals surface area (Å²) in [6, 6.07) is 4.93. The highest BCUT2D eigenvalue weighted by atomic mass is 16.1. The summed E-state index contributed by atoms with van der Waals surface area (Å²) >= 11 is 0. The van der Waals surface area contributed by atoms with Crippen molar-refractivity contribution >= 4 is 0 Å². The Morgan fingerprint density at radius 2 is 1.41 bits per heavy atom. The van der Waals surface area contributed by atoms with E-state index in [2.05, 4.69) is 18.8 Å². The molecule has 2 nitrogen and oxygen atoms in total. The van der Waals surface area contributed by atoms with Crippen LogP contribution in [0.1, 0.15) is 65.2 Å². The van der Waals surface area contributed by atoms with Gasteiger partial charge in [0, 0.05) is 12.3 Å². The van der Waals surface area contributed by atoms with Gasteiger partial charge in [-0.2, -0.15) is 0 Å². The molecule has 1 N–H and O–H groups in total. The van der Waals surface area contributed by atoms with Crippen LogP contribution in [0.4, 0.5) is 0 Å². The number of aromatic nitrogens is 1. The standard InChI is InChI=1S/C10H22.C5H5NO/c1-3-5-7-9-10-8-6-4-2;7-5-3-1-2-4-6-5/h3-10H2,1-2H3;1-4H,(H,6,7). The van der Waals surface area contributed by atoms with Crippen LogP contribution in [-0.2, 0) is 0 Å². The highest BCUT2D eigenvalue weighted by molar-refractivity contribution is 4.89. The largest absolute Gasteiger partial charge is 0.329 e. The summed E-state index contributed by atoms with van der Waals surface area (Å²) in [4.78, 5) is 12.7. The van der Waals surface area contributed by atoms with Crippen molar-refractivity contribution < 1.29 is 0 Å². The number of nitrogens with one attached hydrogen (secondary N) is 1. The van der Waals surface area contributed by atoms with E-state index in [1.54, 1.807) is 18.3 Å². The molecule has 17 heavy (non-hydrogen) atoms. The van der Waals surface area contributed by atoms with Crippen LogP contribution < -0.4 is 5.56 Å². The minimum atomic E-state index is -0.0532. The first kappa shape index (κ1) is 16.0. The fraction of sp³-hybridized carbons (Fsp3) is 0.667. The van der Waals surface area contributed by atoms with E-state index in [4.69, 9.17) is 0 Å². The molecule has 0 aliphatic heterocycles. The van der Waals surface area contributed by atoms with Gasteiger partial charge in [-0.1, -0.05) is 71.3 Å². The quantitative estimate of drug-likeness (QED) is 0.695. The summed E-state index contributed by atoms with van der Waals surface area (Å²) in [5.74, 6) is 0. The number of unbranched alkanes of at least 4 members (excludes halogenated alkanes) is 7. The molecule has 1 aromatic heterocycles. The lowest BCUT2D eigenvalue weighted by molar-refractivity contribution is 0.585. The highest BCUT2D eigenvalue weighted by Crippen LogP contribution is 2.07. The molecule has 0 unspecified atom stereocenters. The molecule has 1 heterocycles. The number of rotatable bonds is 7. The van der Waals surface area contributed by atoms with Gasteiger partial charge < -0.3 is 4.98 Å². The number of aromatic amines is 1. The lowest BCUT2D eigenvalue weighted by atomic mass is 10.1. The van der Waals surface area contributed by atoms with Gasteiger partial charge in [-0.25, -0.2) is 0 Å². The van der Waals surface area contributed by atoms with Gasteiger partial charge in [0.05, 0.1) is 0 Å². The van der Waals surface area contributed by atoms with Crippen molar-refractivity contribution in [1.82, 2.24) is 4.98 Å². The van der Waals surface area contributed by atoms with Crippen LogP contribution in [0.5, 0.6) is 0 Å². The fourth-order valence-corrected chi connectivity index (χ4v) is 1.58. The first-order valence-electron chi connectivity index (χ1n) is 6.95. The third-order valence-electron chi connectivity index (χ3n) is 2.64. The maximum Gasteiger partial charge on any atom is 0.247 e. The molecule has 0 atom stereocenters. The second kappa shape index (κ2) is 13.0. The van der Waals surface area contributed by atoms with Crippen molar-refractivity contribution in [2.75, 3.05) is 0 Å². The molecular formula is C15H27NO. The van der Waals surface area contributed by atoms with Crippen molar-refractivity contribution in [3.63, 3.8) is 0 Å². The summed E-state index contributed by atoms with van der Waals surface area (Å²) < 4.78 is 0. The summed E-state index contributed by atoms with van der Waals surface area (Å²) in [5, 5.41) is 0. The molecule has 0 saturated heterocycles. The van der Waals surface area contributed by atoms with E-state index in [-0.39, 0.29) is 5.56 Å². The lowest BCUT2D eigenvalue weighted by Gasteiger charge is -1.97. The van der Waals surface area contributed by atoms with Gasteiger partial charge in [0.1, 0.15) is 0 Å². The molecule has 0 aliphatic rings. The first-order chi connectivity index (χ1) is 8.31. The average Bonchev–Trinajstić information content (AvgIpc) is 2.35. The van der Waals surface area contributed by atoms with Gasteiger partial charge in [-0.3, -0.25) is 4.79 Å². The van der Waals surface area contributed by atoms with Gasteiger partial charge in [0.2, 0.25) is 5.56 Å². The van der Waals surface area contributed by atoms with E-state index in [1.165, 1.54) is 57.4 Å². The minimum Gasteiger partial charge on any atom is -0.329 e. The average molecular weight is 237 g/mol. The number of hydrogen-bond acceptors (Lipinski definition) is 1. The fourth-order valence-electron chi connectivity index (χ4n) is 1.58. The predicted octanol–water partition coefficient (Wildman–Crippen LogP) is 4.52. The zero-order chi connectivity index (χ0) is 12.8. The molecule has 0 saturated carbocycles. The molecular weight excluding hydrogens is 210 g/mol. The molecule has 0 aromatic carbocycles. The zero-order valence-electron chi connectivity index (χ0n) is 11.4. The first-order valence-corrected chi connectivity index (χ1v) is 6.95. The van der Waals surface area contributed by atoms with Crippen LogP contribution in [0, 0.1) is 0 Å². The third kappa shape index (κ3) is 12.9. The minimum absolute atomic E-state index is 0.0532. The Morgan fingerprint density at radius 3 is 1.71 bits per heavy atom. The number of hydrogen-bond donors (Lipinski definition) is 1. The van der Waals surface area contributed by atoms with Gasteiger partial charge in [-0.15, -0.1) is 0 Å². The molecule has 1 rings (SSSR count). The molecule has 98 valence electrons. The predicted molar refractivity (Wildman–Crippen MR) is 75.3 cm³/mol. The summed E-state index contributed by atoms with van der Waals surface area (Å²) in [6.45, 7) is 4.54. The monoisotopic (exact) mass is 237 g/mol. The van der Waals surface area contributed by atoms with Crippen molar-refractivity contribution in [2.45, 2.75) is 65.2 Å². The maximum atomic E-state index is 10.2. The Bertz CT molecular complexity index is 267. The number of H-pyrrole nitrogens is 1. The normalized spacial score (nSPS) is 9.53. The molecule has 0 spiro atoms. The van der Waals surface area contributed by atoms with Crippen molar-refractivity contribution in [3.8, 4) is 0 Å². The van der Waals surface area contributed by atoms with E-state index in [0.717, 1.165) is 0 Å². The van der Waals surface area contributed by atoms with Crippen LogP contribution in [0.2, 0.25) is 0 Å². The molecule has 0 amide bonds. The van der Waals surface area contributed by atoms with E-state index in [9.17, 15) is 4.79 Å². The summed E-state index contributed by atoms with van der Waals surface area (Å²) in [6.07, 6.45) is 13.1. The third-order valence-corrected chi connectivity index (χ3v) is 2.64. The maximum absolute atomic E-state index is 10.2. The smallest absolute Gasteiger partial charge is 0.247 e. The van der Waals surface area contributed by atoms with Crippen molar-refractivity contribution in [2.24, 2.45) is 0 Å². The Labute approximate surface area is 105 Å². The molecule has 0 fully saturated rings. The highest BCUT2D eigenvalue weighted by Gasteiger charge is 1.87. The lowest BCUT2D eigenvalue weighted by Crippen LogP contribution is -1.98. The SMILES string of the molecule is CCCCCCCCCC.O=c1cccc[nH]1. The molecule has 0 radical (unpaired) electrons. The van der Waals surface area contributed by atoms with Crippen LogP contribution in [0.25, 0.3) is 0 Å². The van der Waals surface area contributed by atoms with Crippen LogP contribution in [0.3, 0.4) is 0 Å². The summed E-state index contributed by atoms with van der Waals surface area (Å²) in [7, 11) is 0. The number of pyridine rings is 1. The van der Waals surface area contributed by atoms with Crippen molar-refractivity contribution in [3.05, 3.63) is 34.7 Å². The van der Waals surface area contributed by atoms with Crippen LogP contribution in [-0.4, -0.2) is 4.98 Å². The zero-order valence-corrected chi connectivity index (χ0v) is 11.4.